The van der Waals surface area contributed by atoms with E-state index in [0.717, 1.165) is 155 Å². The summed E-state index contributed by atoms with van der Waals surface area (Å²) in [6.07, 6.45) is 31.6. The average Bonchev–Trinajstić information content (AvgIpc) is 0.748. The third-order valence-electron chi connectivity index (χ3n) is 27.2. The molecule has 0 bridgehead atoms. The molecule has 24 nitrogen and oxygen atoms in total. The van der Waals surface area contributed by atoms with Gasteiger partial charge in [0.1, 0.15) is 0 Å². The van der Waals surface area contributed by atoms with Gasteiger partial charge >= 0.3 is 0 Å². The fraction of sp³-hybridized carbons (Fsp3) is 0.907. The molecular formula is C97H181N21O3. The smallest absolute Gasteiger partial charge is 0.232 e. The lowest BCUT2D eigenvalue weighted by Crippen LogP contribution is -2.63. The van der Waals surface area contributed by atoms with Crippen molar-refractivity contribution in [2.45, 2.75) is 503 Å². The average molecular weight is 1690 g/mol. The standard InChI is InChI=1S/C97H181N21O3/c1-31-37-40-43-53-119-71-62-92(19,20)116(93(21,22)63-71)83-105-77(103-79(108-83)100-74(46-34-4)68-56-86(7,8)112-87(9,10)57-68)98-49-51-115(82-107-81(102-76(48-36-6)70-60-90(15,16)114-91(17,18)61-70)110-85(111-82)118-96(27,28)66-73(67-97(118,29)30)121-55-45-42-39-33-3)52-50-99-78-104-80(101-75(47-35-5)69-58-88(11,12)113-89(13,14)59-69)109-84(106-78)117-94(23,24)64-72(65-95(117,25)26)120-54-44-41-38-32-2/h68-76,112-114H,31-67H2,1-30H3,(H,102,107,110,111)(H2,98,100,103,105,108)(H2,99,101,104,106,109). The van der Waals surface area contributed by atoms with Crippen molar-refractivity contribution in [1.82, 2.24) is 60.8 Å². The molecule has 24 heteroatoms. The minimum Gasteiger partial charge on any atom is -0.378 e. The van der Waals surface area contributed by atoms with Crippen molar-refractivity contribution in [2.75, 3.05) is 92.2 Å². The molecular weight excluding hydrogens is 1510 g/mol. The third kappa shape index (κ3) is 28.5. The fourth-order valence-corrected chi connectivity index (χ4v) is 24.4. The maximum Gasteiger partial charge on any atom is 0.232 e. The number of ether oxygens (including phenoxy) is 3. The summed E-state index contributed by atoms with van der Waals surface area (Å²) in [6.45, 7) is 74.4. The van der Waals surface area contributed by atoms with Crippen molar-refractivity contribution in [3.63, 3.8) is 0 Å². The molecule has 8 N–H and O–H groups in total. The lowest BCUT2D eigenvalue weighted by Gasteiger charge is -2.55. The van der Waals surface area contributed by atoms with Gasteiger partial charge in [0.25, 0.3) is 0 Å². The number of rotatable bonds is 45. The molecule has 0 amide bonds. The molecule has 9 rings (SSSR count). The largest absolute Gasteiger partial charge is 0.378 e. The molecule has 6 aliphatic rings. The second kappa shape index (κ2) is 41.4. The van der Waals surface area contributed by atoms with E-state index >= 15 is 0 Å². The summed E-state index contributed by atoms with van der Waals surface area (Å²) in [5, 5.41) is 32.0. The van der Waals surface area contributed by atoms with E-state index < -0.39 is 11.1 Å². The number of aromatic nitrogens is 9. The SMILES string of the molecule is CCCCCCOC1CC(C)(C)N(c2nc(NCCN(CCNc3nc(NC(CCC)C4CC(C)(C)NC(C)(C)C4)nc(N4C(C)(C)CC(OCCCCCC)CC4(C)C)n3)c3nc(NC(CCC)C4CC(C)(C)NC(C)(C)C4)nc(N4C(C)(C)CC(OCCCCCC)CC4(C)C)n3)nc(NC(CCC)C3CC(C)(C)NC(C)(C)C3)n2)C(C)(C)C1. The van der Waals surface area contributed by atoms with Crippen LogP contribution in [0.3, 0.4) is 0 Å². The van der Waals surface area contributed by atoms with Crippen LogP contribution in [-0.4, -0.2) is 194 Å². The van der Waals surface area contributed by atoms with Crippen LogP contribution in [0.25, 0.3) is 0 Å². The lowest BCUT2D eigenvalue weighted by atomic mass is 9.72. The van der Waals surface area contributed by atoms with Gasteiger partial charge < -0.3 is 76.3 Å². The van der Waals surface area contributed by atoms with E-state index in [9.17, 15) is 0 Å². The number of hydrogen-bond acceptors (Lipinski definition) is 24. The van der Waals surface area contributed by atoms with E-state index in [1.54, 1.807) is 0 Å². The van der Waals surface area contributed by atoms with E-state index in [1.807, 2.05) is 0 Å². The van der Waals surface area contributed by atoms with E-state index in [-0.39, 0.29) is 91.8 Å². The molecule has 9 heterocycles. The monoisotopic (exact) mass is 1690 g/mol. The summed E-state index contributed by atoms with van der Waals surface area (Å²) in [4.78, 5) is 60.2. The molecule has 6 saturated heterocycles. The highest BCUT2D eigenvalue weighted by molar-refractivity contribution is 5.53. The van der Waals surface area contributed by atoms with Crippen molar-refractivity contribution in [3.05, 3.63) is 0 Å². The Hall–Kier alpha value is -5.01. The van der Waals surface area contributed by atoms with E-state index in [0.29, 0.717) is 97.5 Å². The third-order valence-corrected chi connectivity index (χ3v) is 27.2. The van der Waals surface area contributed by atoms with Gasteiger partial charge in [-0.25, -0.2) is 0 Å². The normalized spacial score (nSPS) is 23.3. The number of piperidine rings is 6. The van der Waals surface area contributed by atoms with Crippen molar-refractivity contribution in [3.8, 4) is 0 Å². The van der Waals surface area contributed by atoms with E-state index in [4.69, 9.17) is 59.1 Å². The van der Waals surface area contributed by atoms with Crippen molar-refractivity contribution < 1.29 is 14.2 Å². The molecule has 0 saturated carbocycles. The first-order valence-electron chi connectivity index (χ1n) is 48.9. The molecule has 121 heavy (non-hydrogen) atoms. The Morgan fingerprint density at radius 1 is 0.306 bits per heavy atom. The Morgan fingerprint density at radius 3 is 0.810 bits per heavy atom. The number of nitrogens with zero attached hydrogens (tertiary/aromatic N) is 13. The van der Waals surface area contributed by atoms with Crippen LogP contribution in [0.4, 0.5) is 53.5 Å². The summed E-state index contributed by atoms with van der Waals surface area (Å²) < 4.78 is 20.5. The van der Waals surface area contributed by atoms with Gasteiger partial charge in [-0.2, -0.15) is 44.9 Å². The summed E-state index contributed by atoms with van der Waals surface area (Å²) >= 11 is 0. The quantitative estimate of drug-likeness (QED) is 0.0245. The van der Waals surface area contributed by atoms with Gasteiger partial charge in [-0.1, -0.05) is 119 Å². The molecule has 0 spiro atoms. The Kier molecular flexibility index (Phi) is 34.1. The molecule has 6 aliphatic heterocycles. The summed E-state index contributed by atoms with van der Waals surface area (Å²) in [5.41, 5.74) is -2.55. The predicted octanol–water partition coefficient (Wildman–Crippen LogP) is 21.1. The van der Waals surface area contributed by atoms with E-state index in [1.165, 1.54) is 57.8 Å². The molecule has 0 radical (unpaired) electrons. The first-order chi connectivity index (χ1) is 56.5. The number of unbranched alkanes of at least 4 members (excludes halogenated alkanes) is 9. The van der Waals surface area contributed by atoms with Crippen LogP contribution in [0.2, 0.25) is 0 Å². The molecule has 0 aliphatic carbocycles. The van der Waals surface area contributed by atoms with Crippen LogP contribution in [0, 0.1) is 17.8 Å². The fourth-order valence-electron chi connectivity index (χ4n) is 24.4. The Labute approximate surface area is 737 Å². The van der Waals surface area contributed by atoms with Crippen LogP contribution in [0.1, 0.15) is 400 Å². The van der Waals surface area contributed by atoms with Crippen LogP contribution in [-0.2, 0) is 14.2 Å². The number of hydrogen-bond donors (Lipinski definition) is 8. The molecule has 692 valence electrons. The second-order valence-electron chi connectivity index (χ2n) is 46.2. The summed E-state index contributed by atoms with van der Waals surface area (Å²) in [5.74, 6) is 6.48. The molecule has 3 atom stereocenters. The minimum atomic E-state index is -0.401. The van der Waals surface area contributed by atoms with Gasteiger partial charge in [-0.15, -0.1) is 0 Å². The molecule has 3 aromatic rings. The maximum atomic E-state index is 6.87. The van der Waals surface area contributed by atoms with Gasteiger partial charge in [0.2, 0.25) is 53.5 Å². The van der Waals surface area contributed by atoms with Gasteiger partial charge in [0, 0.05) is 131 Å². The Bertz CT molecular complexity index is 3410. The molecule has 6 fully saturated rings. The van der Waals surface area contributed by atoms with Crippen LogP contribution < -0.4 is 62.1 Å². The summed E-state index contributed by atoms with van der Waals surface area (Å²) in [6, 6.07) is 0.364. The van der Waals surface area contributed by atoms with Gasteiger partial charge in [-0.3, -0.25) is 0 Å². The zero-order chi connectivity index (χ0) is 89.0. The number of anilines is 9. The highest BCUT2D eigenvalue weighted by Gasteiger charge is 2.52. The van der Waals surface area contributed by atoms with Gasteiger partial charge in [0.05, 0.1) is 18.3 Å². The highest BCUT2D eigenvalue weighted by atomic mass is 16.5. The summed E-state index contributed by atoms with van der Waals surface area (Å²) in [7, 11) is 0. The zero-order valence-corrected chi connectivity index (χ0v) is 82.9. The van der Waals surface area contributed by atoms with Crippen molar-refractivity contribution in [1.29, 1.82) is 0 Å². The molecule has 3 unspecified atom stereocenters. The topological polar surface area (TPSA) is 253 Å². The van der Waals surface area contributed by atoms with E-state index in [2.05, 4.69) is 270 Å². The van der Waals surface area contributed by atoms with Crippen LogP contribution in [0.5, 0.6) is 0 Å². The predicted molar refractivity (Wildman–Crippen MR) is 509 cm³/mol. The first kappa shape index (κ1) is 99.8. The molecule has 3 aromatic heterocycles. The number of nitrogens with one attached hydrogen (secondary N) is 8. The lowest BCUT2D eigenvalue weighted by molar-refractivity contribution is -0.00925. The molecule has 0 aromatic carbocycles. The van der Waals surface area contributed by atoms with Crippen LogP contribution in [0.15, 0.2) is 0 Å². The van der Waals surface area contributed by atoms with Crippen molar-refractivity contribution in [2.24, 2.45) is 17.8 Å². The van der Waals surface area contributed by atoms with Crippen molar-refractivity contribution >= 4 is 53.5 Å². The Morgan fingerprint density at radius 2 is 0.554 bits per heavy atom. The van der Waals surface area contributed by atoms with Crippen LogP contribution >= 0.6 is 0 Å². The van der Waals surface area contributed by atoms with Gasteiger partial charge in [-0.05, 0) is 299 Å². The zero-order valence-electron chi connectivity index (χ0n) is 82.9. The first-order valence-corrected chi connectivity index (χ1v) is 48.9. The minimum absolute atomic E-state index is 0.0433. The second-order valence-corrected chi connectivity index (χ2v) is 46.2. The van der Waals surface area contributed by atoms with Gasteiger partial charge in [0.15, 0.2) is 0 Å². The maximum absolute atomic E-state index is 6.87. The highest BCUT2D eigenvalue weighted by Crippen LogP contribution is 2.48. The Balaban J connectivity index is 1.17.